The number of piperidine rings is 1. The Morgan fingerprint density at radius 3 is 2.32 bits per heavy atom. The molecular weight excluding hydrogens is 393 g/mol. The van der Waals surface area contributed by atoms with E-state index in [1.54, 1.807) is 9.47 Å². The third-order valence-electron chi connectivity index (χ3n) is 6.44. The molecule has 1 saturated carbocycles. The van der Waals surface area contributed by atoms with Crippen LogP contribution in [0.2, 0.25) is 0 Å². The maximum atomic E-state index is 13.3. The summed E-state index contributed by atoms with van der Waals surface area (Å²) in [6.45, 7) is 3.07. The molecular formula is C25H30FN3O2. The molecule has 1 aromatic carbocycles. The van der Waals surface area contributed by atoms with Crippen LogP contribution in [-0.2, 0) is 0 Å². The van der Waals surface area contributed by atoms with Crippen LogP contribution in [0.3, 0.4) is 0 Å². The minimum Gasteiger partial charge on any atom is -0.339 e. The Bertz CT molecular complexity index is 998. The van der Waals surface area contributed by atoms with E-state index in [-0.39, 0.29) is 23.5 Å². The second-order valence-electron chi connectivity index (χ2n) is 8.76. The molecule has 1 saturated heterocycles. The first-order valence-electron chi connectivity index (χ1n) is 11.3. The molecule has 0 spiro atoms. The van der Waals surface area contributed by atoms with Crippen molar-refractivity contribution < 1.29 is 14.0 Å². The zero-order chi connectivity index (χ0) is 21.8. The highest BCUT2D eigenvalue weighted by Crippen LogP contribution is 2.22. The molecule has 1 aromatic heterocycles. The Labute approximate surface area is 182 Å². The van der Waals surface area contributed by atoms with Gasteiger partial charge in [-0.2, -0.15) is 0 Å². The number of hydrogen-bond acceptors (Lipinski definition) is 3. The van der Waals surface area contributed by atoms with E-state index < -0.39 is 0 Å². The number of hydrogen-bond donors (Lipinski definition) is 0. The van der Waals surface area contributed by atoms with E-state index >= 15 is 0 Å². The van der Waals surface area contributed by atoms with Gasteiger partial charge in [-0.15, -0.1) is 0 Å². The number of rotatable bonds is 3. The molecule has 2 aliphatic rings. The quantitative estimate of drug-likeness (QED) is 0.737. The van der Waals surface area contributed by atoms with Crippen LogP contribution >= 0.6 is 0 Å². The largest absolute Gasteiger partial charge is 0.339 e. The molecule has 4 rings (SSSR count). The van der Waals surface area contributed by atoms with Crippen LogP contribution in [0.1, 0.15) is 65.7 Å². The number of aromatic nitrogens is 1. The SMILES string of the molecule is Cc1ccn(C(=O)C2CCN(C(=O)c3ccc(F)cc3)CC2)c(=NC2CCCCC2)c1. The smallest absolute Gasteiger partial charge is 0.253 e. The zero-order valence-electron chi connectivity index (χ0n) is 18.1. The highest BCUT2D eigenvalue weighted by molar-refractivity contribution is 5.94. The predicted octanol–water partition coefficient (Wildman–Crippen LogP) is 4.36. The molecule has 0 atom stereocenters. The van der Waals surface area contributed by atoms with Crippen LogP contribution in [0.4, 0.5) is 4.39 Å². The summed E-state index contributed by atoms with van der Waals surface area (Å²) < 4.78 is 14.8. The van der Waals surface area contributed by atoms with Gasteiger partial charge in [0, 0.05) is 30.8 Å². The van der Waals surface area contributed by atoms with Crippen molar-refractivity contribution in [3.8, 4) is 0 Å². The van der Waals surface area contributed by atoms with Crippen molar-refractivity contribution in [1.82, 2.24) is 9.47 Å². The first-order chi connectivity index (χ1) is 15.0. The number of pyridine rings is 1. The number of carbonyl (C=O) groups excluding carboxylic acids is 2. The highest BCUT2D eigenvalue weighted by atomic mass is 19.1. The lowest BCUT2D eigenvalue weighted by Crippen LogP contribution is -2.43. The van der Waals surface area contributed by atoms with Crippen LogP contribution in [0.15, 0.2) is 47.6 Å². The summed E-state index contributed by atoms with van der Waals surface area (Å²) in [6, 6.07) is 9.87. The minimum absolute atomic E-state index is 0.0587. The maximum Gasteiger partial charge on any atom is 0.253 e. The van der Waals surface area contributed by atoms with Crippen LogP contribution in [0, 0.1) is 18.7 Å². The van der Waals surface area contributed by atoms with Crippen molar-refractivity contribution in [3.63, 3.8) is 0 Å². The molecule has 5 nitrogen and oxygen atoms in total. The van der Waals surface area contributed by atoms with E-state index in [1.807, 2.05) is 25.3 Å². The molecule has 1 aliphatic carbocycles. The second-order valence-corrected chi connectivity index (χ2v) is 8.76. The van der Waals surface area contributed by atoms with Crippen molar-refractivity contribution in [2.75, 3.05) is 13.1 Å². The molecule has 164 valence electrons. The fraction of sp³-hybridized carbons (Fsp3) is 0.480. The van der Waals surface area contributed by atoms with Gasteiger partial charge in [0.25, 0.3) is 5.91 Å². The van der Waals surface area contributed by atoms with Gasteiger partial charge in [-0.3, -0.25) is 19.1 Å². The molecule has 2 aromatic rings. The number of carbonyl (C=O) groups is 2. The van der Waals surface area contributed by atoms with Gasteiger partial charge in [0.2, 0.25) is 5.91 Å². The topological polar surface area (TPSA) is 54.7 Å². The molecule has 6 heteroatoms. The summed E-state index contributed by atoms with van der Waals surface area (Å²) in [4.78, 5) is 32.7. The van der Waals surface area contributed by atoms with E-state index in [9.17, 15) is 14.0 Å². The molecule has 0 unspecified atom stereocenters. The average molecular weight is 424 g/mol. The molecule has 1 aliphatic heterocycles. The van der Waals surface area contributed by atoms with E-state index in [0.29, 0.717) is 37.5 Å². The van der Waals surface area contributed by atoms with Crippen LogP contribution < -0.4 is 5.49 Å². The first kappa shape index (κ1) is 21.5. The van der Waals surface area contributed by atoms with Gasteiger partial charge < -0.3 is 4.90 Å². The molecule has 0 bridgehead atoms. The normalized spacial score (nSPS) is 18.9. The van der Waals surface area contributed by atoms with Gasteiger partial charge in [-0.05, 0) is 74.6 Å². The standard InChI is InChI=1S/C25H30FN3O2/c1-18-11-16-29(23(17-18)27-22-5-3-2-4-6-22)25(31)20-12-14-28(15-13-20)24(30)19-7-9-21(26)10-8-19/h7-11,16-17,20,22H,2-6,12-15H2,1H3. The number of benzene rings is 1. The van der Waals surface area contributed by atoms with Gasteiger partial charge in [-0.25, -0.2) is 4.39 Å². The molecule has 31 heavy (non-hydrogen) atoms. The Balaban J connectivity index is 1.46. The van der Waals surface area contributed by atoms with Gasteiger partial charge in [0.15, 0.2) is 0 Å². The van der Waals surface area contributed by atoms with E-state index in [4.69, 9.17) is 4.99 Å². The third kappa shape index (κ3) is 5.12. The number of aryl methyl sites for hydroxylation is 1. The molecule has 0 radical (unpaired) electrons. The van der Waals surface area contributed by atoms with Crippen molar-refractivity contribution in [2.45, 2.75) is 57.9 Å². The minimum atomic E-state index is -0.356. The molecule has 2 heterocycles. The van der Waals surface area contributed by atoms with Crippen molar-refractivity contribution in [1.29, 1.82) is 0 Å². The summed E-state index contributed by atoms with van der Waals surface area (Å²) in [6.07, 6.45) is 8.94. The summed E-state index contributed by atoms with van der Waals surface area (Å²) in [5.74, 6) is -0.541. The van der Waals surface area contributed by atoms with Crippen LogP contribution in [-0.4, -0.2) is 40.4 Å². The number of halogens is 1. The fourth-order valence-electron chi connectivity index (χ4n) is 4.57. The monoisotopic (exact) mass is 423 g/mol. The predicted molar refractivity (Wildman–Crippen MR) is 117 cm³/mol. The Morgan fingerprint density at radius 1 is 0.968 bits per heavy atom. The Kier molecular flexibility index (Phi) is 6.64. The Hall–Kier alpha value is -2.76. The van der Waals surface area contributed by atoms with Crippen LogP contribution in [0.25, 0.3) is 0 Å². The lowest BCUT2D eigenvalue weighted by Gasteiger charge is -2.31. The number of amides is 1. The van der Waals surface area contributed by atoms with E-state index in [2.05, 4.69) is 0 Å². The average Bonchev–Trinajstić information content (AvgIpc) is 2.80. The highest BCUT2D eigenvalue weighted by Gasteiger charge is 2.29. The van der Waals surface area contributed by atoms with Crippen molar-refractivity contribution >= 4 is 11.8 Å². The lowest BCUT2D eigenvalue weighted by molar-refractivity contribution is 0.0618. The van der Waals surface area contributed by atoms with Crippen molar-refractivity contribution in [3.05, 3.63) is 65.0 Å². The van der Waals surface area contributed by atoms with E-state index in [1.165, 1.54) is 43.5 Å². The lowest BCUT2D eigenvalue weighted by atomic mass is 9.95. The molecule has 1 amide bonds. The van der Waals surface area contributed by atoms with Gasteiger partial charge >= 0.3 is 0 Å². The summed E-state index contributed by atoms with van der Waals surface area (Å²) >= 11 is 0. The van der Waals surface area contributed by atoms with E-state index in [0.717, 1.165) is 23.9 Å². The summed E-state index contributed by atoms with van der Waals surface area (Å²) in [7, 11) is 0. The third-order valence-corrected chi connectivity index (χ3v) is 6.44. The molecule has 2 fully saturated rings. The first-order valence-corrected chi connectivity index (χ1v) is 11.3. The number of likely N-dealkylation sites (tertiary alicyclic amines) is 1. The summed E-state index contributed by atoms with van der Waals surface area (Å²) in [5.41, 5.74) is 2.33. The maximum absolute atomic E-state index is 13.3. The number of nitrogens with zero attached hydrogens (tertiary/aromatic N) is 3. The van der Waals surface area contributed by atoms with Gasteiger partial charge in [0.1, 0.15) is 11.3 Å². The second kappa shape index (κ2) is 9.58. The van der Waals surface area contributed by atoms with Gasteiger partial charge in [0.05, 0.1) is 6.04 Å². The summed E-state index contributed by atoms with van der Waals surface area (Å²) in [5, 5.41) is 0. The Morgan fingerprint density at radius 2 is 1.65 bits per heavy atom. The van der Waals surface area contributed by atoms with Crippen molar-refractivity contribution in [2.24, 2.45) is 10.9 Å². The fourth-order valence-corrected chi connectivity index (χ4v) is 4.57. The zero-order valence-corrected chi connectivity index (χ0v) is 18.1. The van der Waals surface area contributed by atoms with Gasteiger partial charge in [-0.1, -0.05) is 19.3 Å². The molecule has 0 N–H and O–H groups in total. The van der Waals surface area contributed by atoms with Crippen LogP contribution in [0.5, 0.6) is 0 Å².